The van der Waals surface area contributed by atoms with Gasteiger partial charge in [0, 0.05) is 38.1 Å². The molecule has 5 rings (SSSR count). The molecule has 1 saturated heterocycles. The maximum Gasteiger partial charge on any atom is 0.275 e. The Morgan fingerprint density at radius 1 is 1.28 bits per heavy atom. The van der Waals surface area contributed by atoms with Crippen LogP contribution in [0.4, 0.5) is 0 Å². The van der Waals surface area contributed by atoms with Crippen LogP contribution in [0.3, 0.4) is 0 Å². The Hall–Kier alpha value is -2.71. The van der Waals surface area contributed by atoms with Crippen LogP contribution in [0.1, 0.15) is 41.7 Å². The molecule has 152 valence electrons. The third-order valence-corrected chi connectivity index (χ3v) is 5.26. The lowest BCUT2D eigenvalue weighted by Crippen LogP contribution is -2.51. The highest BCUT2D eigenvalue weighted by molar-refractivity contribution is 5.92. The van der Waals surface area contributed by atoms with Crippen molar-refractivity contribution in [3.63, 3.8) is 0 Å². The van der Waals surface area contributed by atoms with Gasteiger partial charge in [0.25, 0.3) is 5.91 Å². The molecule has 1 aliphatic carbocycles. The summed E-state index contributed by atoms with van der Waals surface area (Å²) in [6.45, 7) is 4.19. The van der Waals surface area contributed by atoms with E-state index in [4.69, 9.17) is 4.42 Å². The van der Waals surface area contributed by atoms with Crippen molar-refractivity contribution in [2.45, 2.75) is 31.7 Å². The van der Waals surface area contributed by atoms with Crippen molar-refractivity contribution in [1.29, 1.82) is 0 Å². The van der Waals surface area contributed by atoms with E-state index in [0.717, 1.165) is 12.4 Å². The standard InChI is InChI=1S/C20H22N6O2.ClH/c1-13-10-25(7-6-21-13)20(27)17-12-28-19(24-17)16-9-23-26(11-16)18-5-4-15(8-22-18)14-2-3-14;/h4-5,8-9,11-14,21H,2-3,6-7,10H2,1H3;1H/t13-;/m0./s1. The van der Waals surface area contributed by atoms with Gasteiger partial charge in [-0.2, -0.15) is 5.10 Å². The van der Waals surface area contributed by atoms with Gasteiger partial charge in [-0.1, -0.05) is 6.07 Å². The number of nitrogens with one attached hydrogen (secondary N) is 1. The van der Waals surface area contributed by atoms with Gasteiger partial charge in [-0.15, -0.1) is 12.4 Å². The van der Waals surface area contributed by atoms with Gasteiger partial charge < -0.3 is 14.6 Å². The van der Waals surface area contributed by atoms with Crippen molar-refractivity contribution in [2.75, 3.05) is 19.6 Å². The first-order valence-electron chi connectivity index (χ1n) is 9.67. The summed E-state index contributed by atoms with van der Waals surface area (Å²) in [4.78, 5) is 23.3. The van der Waals surface area contributed by atoms with Crippen LogP contribution in [0.25, 0.3) is 17.3 Å². The number of nitrogens with zero attached hydrogens (tertiary/aromatic N) is 5. The summed E-state index contributed by atoms with van der Waals surface area (Å²) in [5.74, 6) is 1.70. The fourth-order valence-electron chi connectivity index (χ4n) is 3.53. The fourth-order valence-corrected chi connectivity index (χ4v) is 3.53. The fraction of sp³-hybridized carbons (Fsp3) is 0.400. The quantitative estimate of drug-likeness (QED) is 0.706. The van der Waals surface area contributed by atoms with Crippen LogP contribution in [0.5, 0.6) is 0 Å². The molecular weight excluding hydrogens is 392 g/mol. The first kappa shape index (κ1) is 19.6. The number of hydrogen-bond acceptors (Lipinski definition) is 6. The first-order valence-corrected chi connectivity index (χ1v) is 9.67. The average molecular weight is 415 g/mol. The van der Waals surface area contributed by atoms with E-state index >= 15 is 0 Å². The molecule has 1 aliphatic heterocycles. The Kier molecular flexibility index (Phi) is 5.38. The van der Waals surface area contributed by atoms with E-state index in [-0.39, 0.29) is 24.4 Å². The lowest BCUT2D eigenvalue weighted by atomic mass is 10.2. The third-order valence-electron chi connectivity index (χ3n) is 5.26. The monoisotopic (exact) mass is 414 g/mol. The summed E-state index contributed by atoms with van der Waals surface area (Å²) in [7, 11) is 0. The van der Waals surface area contributed by atoms with Gasteiger partial charge in [0.15, 0.2) is 11.5 Å². The number of rotatable bonds is 4. The second-order valence-corrected chi connectivity index (χ2v) is 7.54. The Morgan fingerprint density at radius 2 is 2.14 bits per heavy atom. The van der Waals surface area contributed by atoms with E-state index in [1.165, 1.54) is 24.7 Å². The van der Waals surface area contributed by atoms with Crippen molar-refractivity contribution in [1.82, 2.24) is 30.0 Å². The number of halogens is 1. The highest BCUT2D eigenvalue weighted by atomic mass is 35.5. The van der Waals surface area contributed by atoms with Gasteiger partial charge in [0.05, 0.1) is 11.8 Å². The molecule has 8 nitrogen and oxygen atoms in total. The molecule has 3 aromatic rings. The molecule has 0 bridgehead atoms. The number of piperazine rings is 1. The Balaban J connectivity index is 0.00000205. The van der Waals surface area contributed by atoms with E-state index in [9.17, 15) is 4.79 Å². The topological polar surface area (TPSA) is 89.1 Å². The normalized spacial score (nSPS) is 19.1. The largest absolute Gasteiger partial charge is 0.444 e. The van der Waals surface area contributed by atoms with Gasteiger partial charge in [-0.3, -0.25) is 4.79 Å². The lowest BCUT2D eigenvalue weighted by molar-refractivity contribution is 0.0703. The third kappa shape index (κ3) is 4.04. The number of pyridine rings is 1. The Bertz CT molecular complexity index is 995. The number of carbonyl (C=O) groups excluding carboxylic acids is 1. The maximum atomic E-state index is 12.7. The number of oxazole rings is 1. The van der Waals surface area contributed by atoms with Crippen molar-refractivity contribution in [2.24, 2.45) is 0 Å². The SMILES string of the molecule is C[C@H]1CN(C(=O)c2coc(-c3cnn(-c4ccc(C5CC5)cn4)c3)n2)CCN1.Cl. The van der Waals surface area contributed by atoms with Gasteiger partial charge in [-0.05, 0) is 37.3 Å². The van der Waals surface area contributed by atoms with E-state index < -0.39 is 0 Å². The van der Waals surface area contributed by atoms with Crippen molar-refractivity contribution in [3.05, 3.63) is 48.2 Å². The van der Waals surface area contributed by atoms with Crippen molar-refractivity contribution < 1.29 is 9.21 Å². The molecular formula is C20H23ClN6O2. The second kappa shape index (κ2) is 7.96. The molecule has 0 radical (unpaired) electrons. The average Bonchev–Trinajstić information content (AvgIpc) is 3.25. The van der Waals surface area contributed by atoms with Crippen LogP contribution < -0.4 is 5.32 Å². The minimum atomic E-state index is -0.104. The molecule has 0 spiro atoms. The van der Waals surface area contributed by atoms with Gasteiger partial charge >= 0.3 is 0 Å². The number of aromatic nitrogens is 4. The summed E-state index contributed by atoms with van der Waals surface area (Å²) in [5.41, 5.74) is 2.32. The molecule has 2 fully saturated rings. The van der Waals surface area contributed by atoms with E-state index in [2.05, 4.69) is 33.4 Å². The summed E-state index contributed by atoms with van der Waals surface area (Å²) in [5, 5.41) is 7.68. The van der Waals surface area contributed by atoms with Gasteiger partial charge in [0.2, 0.25) is 5.89 Å². The zero-order valence-electron chi connectivity index (χ0n) is 16.1. The smallest absolute Gasteiger partial charge is 0.275 e. The van der Waals surface area contributed by atoms with Crippen LogP contribution in [0.15, 0.2) is 41.4 Å². The molecule has 9 heteroatoms. The van der Waals surface area contributed by atoms with Gasteiger partial charge in [0.1, 0.15) is 6.26 Å². The molecule has 1 amide bonds. The molecule has 1 N–H and O–H groups in total. The molecule has 3 aromatic heterocycles. The highest BCUT2D eigenvalue weighted by Crippen LogP contribution is 2.39. The molecule has 1 atom stereocenters. The van der Waals surface area contributed by atoms with Crippen LogP contribution in [-0.4, -0.2) is 56.2 Å². The molecule has 29 heavy (non-hydrogen) atoms. The summed E-state index contributed by atoms with van der Waals surface area (Å²) >= 11 is 0. The molecule has 0 unspecified atom stereocenters. The minimum Gasteiger partial charge on any atom is -0.444 e. The lowest BCUT2D eigenvalue weighted by Gasteiger charge is -2.31. The predicted octanol–water partition coefficient (Wildman–Crippen LogP) is 2.66. The molecule has 4 heterocycles. The van der Waals surface area contributed by atoms with E-state index in [1.807, 2.05) is 18.5 Å². The Labute approximate surface area is 174 Å². The van der Waals surface area contributed by atoms with Gasteiger partial charge in [-0.25, -0.2) is 14.6 Å². The number of hydrogen-bond donors (Lipinski definition) is 1. The van der Waals surface area contributed by atoms with Crippen molar-refractivity contribution >= 4 is 18.3 Å². The van der Waals surface area contributed by atoms with Crippen LogP contribution >= 0.6 is 12.4 Å². The number of carbonyl (C=O) groups is 1. The molecule has 1 saturated carbocycles. The van der Waals surface area contributed by atoms with Crippen LogP contribution in [0, 0.1) is 0 Å². The summed E-state index contributed by atoms with van der Waals surface area (Å²) < 4.78 is 7.24. The maximum absolute atomic E-state index is 12.7. The first-order chi connectivity index (χ1) is 13.7. The summed E-state index contributed by atoms with van der Waals surface area (Å²) in [6, 6.07) is 4.36. The minimum absolute atomic E-state index is 0. The van der Waals surface area contributed by atoms with E-state index in [1.54, 1.807) is 15.8 Å². The van der Waals surface area contributed by atoms with E-state index in [0.29, 0.717) is 36.2 Å². The molecule has 2 aliphatic rings. The van der Waals surface area contributed by atoms with Crippen LogP contribution in [0.2, 0.25) is 0 Å². The predicted molar refractivity (Wildman–Crippen MR) is 109 cm³/mol. The highest BCUT2D eigenvalue weighted by Gasteiger charge is 2.25. The second-order valence-electron chi connectivity index (χ2n) is 7.54. The zero-order valence-corrected chi connectivity index (χ0v) is 16.9. The Morgan fingerprint density at radius 3 is 2.86 bits per heavy atom. The number of amides is 1. The van der Waals surface area contributed by atoms with Crippen molar-refractivity contribution in [3.8, 4) is 17.3 Å². The summed E-state index contributed by atoms with van der Waals surface area (Å²) in [6.07, 6.45) is 9.33. The molecule has 0 aromatic carbocycles. The zero-order chi connectivity index (χ0) is 19.1. The van der Waals surface area contributed by atoms with Crippen LogP contribution in [-0.2, 0) is 0 Å².